The van der Waals surface area contributed by atoms with E-state index < -0.39 is 6.04 Å². The fourth-order valence-electron chi connectivity index (χ4n) is 2.62. The molecular formula is C21H27ClN4O2. The van der Waals surface area contributed by atoms with Gasteiger partial charge in [-0.1, -0.05) is 29.3 Å². The molecule has 7 heteroatoms. The highest BCUT2D eigenvalue weighted by molar-refractivity contribution is 6.30. The molecule has 0 saturated heterocycles. The summed E-state index contributed by atoms with van der Waals surface area (Å²) < 4.78 is 0. The minimum absolute atomic E-state index is 0.0623. The van der Waals surface area contributed by atoms with Crippen LogP contribution in [0.3, 0.4) is 0 Å². The maximum Gasteiger partial charge on any atom is 0.246 e. The number of nitrogens with one attached hydrogen (secondary N) is 3. The fraction of sp³-hybridized carbons (Fsp3) is 0.333. The molecule has 0 aliphatic rings. The van der Waals surface area contributed by atoms with E-state index in [1.165, 1.54) is 0 Å². The predicted molar refractivity (Wildman–Crippen MR) is 115 cm³/mol. The molecule has 0 aliphatic carbocycles. The lowest BCUT2D eigenvalue weighted by molar-refractivity contribution is -0.125. The van der Waals surface area contributed by atoms with Crippen molar-refractivity contribution >= 4 is 34.8 Å². The first kappa shape index (κ1) is 21.7. The summed E-state index contributed by atoms with van der Waals surface area (Å²) in [7, 11) is 0. The Morgan fingerprint density at radius 2 is 1.64 bits per heavy atom. The van der Waals surface area contributed by atoms with Crippen LogP contribution in [0.15, 0.2) is 48.5 Å². The number of benzene rings is 2. The van der Waals surface area contributed by atoms with Gasteiger partial charge in [0.05, 0.1) is 6.54 Å². The van der Waals surface area contributed by atoms with E-state index in [1.54, 1.807) is 24.3 Å². The number of rotatable bonds is 10. The van der Waals surface area contributed by atoms with Crippen LogP contribution in [0.1, 0.15) is 24.8 Å². The van der Waals surface area contributed by atoms with Crippen LogP contribution in [-0.4, -0.2) is 30.9 Å². The van der Waals surface area contributed by atoms with E-state index in [0.717, 1.165) is 24.1 Å². The predicted octanol–water partition coefficient (Wildman–Crippen LogP) is 3.31. The lowest BCUT2D eigenvalue weighted by atomic mass is 10.1. The third-order valence-electron chi connectivity index (χ3n) is 4.22. The van der Waals surface area contributed by atoms with Gasteiger partial charge in [0.15, 0.2) is 0 Å². The molecule has 0 fully saturated rings. The molecule has 0 saturated carbocycles. The van der Waals surface area contributed by atoms with Crippen LogP contribution >= 0.6 is 11.6 Å². The van der Waals surface area contributed by atoms with E-state index in [4.69, 9.17) is 17.3 Å². The van der Waals surface area contributed by atoms with Crippen LogP contribution in [0.4, 0.5) is 11.4 Å². The summed E-state index contributed by atoms with van der Waals surface area (Å²) in [6.45, 7) is 2.60. The van der Waals surface area contributed by atoms with Gasteiger partial charge in [0, 0.05) is 16.4 Å². The smallest absolute Gasteiger partial charge is 0.246 e. The Balaban J connectivity index is 1.92. The number of anilines is 2. The lowest BCUT2D eigenvalue weighted by Crippen LogP contribution is -2.45. The Morgan fingerprint density at radius 3 is 2.29 bits per heavy atom. The summed E-state index contributed by atoms with van der Waals surface area (Å²) in [5.74, 6) is -0.493. The number of carbonyl (C=O) groups excluding carboxylic acids is 2. The molecule has 2 amide bonds. The van der Waals surface area contributed by atoms with Gasteiger partial charge in [0.2, 0.25) is 11.8 Å². The zero-order valence-electron chi connectivity index (χ0n) is 16.0. The van der Waals surface area contributed by atoms with Crippen LogP contribution in [0.25, 0.3) is 0 Å². The summed E-state index contributed by atoms with van der Waals surface area (Å²) in [6, 6.07) is 14.0. The molecule has 2 aromatic rings. The topological polar surface area (TPSA) is 96.2 Å². The van der Waals surface area contributed by atoms with Gasteiger partial charge in [0.1, 0.15) is 6.04 Å². The SMILES string of the molecule is Cc1ccc(NC(=O)[C@H](CCCCN)NC(=O)CNc2ccc(Cl)cc2)cc1. The van der Waals surface area contributed by atoms with Gasteiger partial charge in [-0.15, -0.1) is 0 Å². The average Bonchev–Trinajstić information content (AvgIpc) is 2.68. The Bertz CT molecular complexity index is 763. The van der Waals surface area contributed by atoms with Crippen molar-refractivity contribution in [2.75, 3.05) is 23.7 Å². The minimum atomic E-state index is -0.618. The van der Waals surface area contributed by atoms with E-state index in [-0.39, 0.29) is 18.4 Å². The van der Waals surface area contributed by atoms with Gasteiger partial charge in [-0.3, -0.25) is 9.59 Å². The highest BCUT2D eigenvalue weighted by Gasteiger charge is 2.20. The third-order valence-corrected chi connectivity index (χ3v) is 4.47. The lowest BCUT2D eigenvalue weighted by Gasteiger charge is -2.19. The number of carbonyl (C=O) groups is 2. The van der Waals surface area contributed by atoms with Crippen molar-refractivity contribution in [1.82, 2.24) is 5.32 Å². The molecule has 2 aromatic carbocycles. The monoisotopic (exact) mass is 402 g/mol. The van der Waals surface area contributed by atoms with E-state index in [1.807, 2.05) is 31.2 Å². The first-order chi connectivity index (χ1) is 13.5. The number of nitrogens with two attached hydrogens (primary N) is 1. The van der Waals surface area contributed by atoms with Crippen LogP contribution in [-0.2, 0) is 9.59 Å². The van der Waals surface area contributed by atoms with E-state index >= 15 is 0 Å². The second-order valence-corrected chi connectivity index (χ2v) is 7.06. The molecule has 1 atom stereocenters. The number of hydrogen-bond acceptors (Lipinski definition) is 4. The Kier molecular flexibility index (Phi) is 8.78. The van der Waals surface area contributed by atoms with Crippen molar-refractivity contribution in [2.45, 2.75) is 32.2 Å². The molecule has 150 valence electrons. The third kappa shape index (κ3) is 7.58. The molecule has 0 spiro atoms. The van der Waals surface area contributed by atoms with Crippen molar-refractivity contribution in [2.24, 2.45) is 5.73 Å². The van der Waals surface area contributed by atoms with E-state index in [2.05, 4.69) is 16.0 Å². The van der Waals surface area contributed by atoms with Crippen LogP contribution in [0.5, 0.6) is 0 Å². The zero-order chi connectivity index (χ0) is 20.4. The molecule has 5 N–H and O–H groups in total. The minimum Gasteiger partial charge on any atom is -0.376 e. The average molecular weight is 403 g/mol. The maximum atomic E-state index is 12.6. The summed E-state index contributed by atoms with van der Waals surface area (Å²) in [5.41, 5.74) is 8.14. The van der Waals surface area contributed by atoms with Crippen molar-refractivity contribution in [3.8, 4) is 0 Å². The molecule has 0 aliphatic heterocycles. The first-order valence-corrected chi connectivity index (χ1v) is 9.72. The standard InChI is InChI=1S/C21H27ClN4O2/c1-15-5-9-18(10-6-15)25-21(28)19(4-2-3-13-23)26-20(27)14-24-17-11-7-16(22)8-12-17/h5-12,19,24H,2-4,13-14,23H2,1H3,(H,25,28)(H,26,27)/t19-/m0/s1. The molecule has 2 rings (SSSR count). The number of halogens is 1. The number of unbranched alkanes of at least 4 members (excludes halogenated alkanes) is 1. The number of amides is 2. The number of aryl methyl sites for hydroxylation is 1. The first-order valence-electron chi connectivity index (χ1n) is 9.34. The van der Waals surface area contributed by atoms with Crippen molar-refractivity contribution in [3.63, 3.8) is 0 Å². The van der Waals surface area contributed by atoms with Gasteiger partial charge in [-0.25, -0.2) is 0 Å². The van der Waals surface area contributed by atoms with Gasteiger partial charge in [-0.05, 0) is 69.1 Å². The second-order valence-electron chi connectivity index (χ2n) is 6.62. The van der Waals surface area contributed by atoms with E-state index in [9.17, 15) is 9.59 Å². The summed E-state index contributed by atoms with van der Waals surface area (Å²) in [5, 5.41) is 9.31. The normalized spacial score (nSPS) is 11.5. The Labute approximate surface area is 170 Å². The Morgan fingerprint density at radius 1 is 1.00 bits per heavy atom. The fourth-order valence-corrected chi connectivity index (χ4v) is 2.75. The molecule has 28 heavy (non-hydrogen) atoms. The van der Waals surface area contributed by atoms with E-state index in [0.29, 0.717) is 23.7 Å². The molecule has 0 bridgehead atoms. The Hall–Kier alpha value is -2.57. The number of hydrogen-bond donors (Lipinski definition) is 4. The van der Waals surface area contributed by atoms with Crippen molar-refractivity contribution < 1.29 is 9.59 Å². The molecule has 0 radical (unpaired) electrons. The summed E-state index contributed by atoms with van der Waals surface area (Å²) in [4.78, 5) is 25.0. The second kappa shape index (κ2) is 11.3. The highest BCUT2D eigenvalue weighted by atomic mass is 35.5. The maximum absolute atomic E-state index is 12.6. The van der Waals surface area contributed by atoms with Crippen LogP contribution < -0.4 is 21.7 Å². The molecule has 0 aromatic heterocycles. The quantitative estimate of drug-likeness (QED) is 0.458. The zero-order valence-corrected chi connectivity index (χ0v) is 16.8. The highest BCUT2D eigenvalue weighted by Crippen LogP contribution is 2.13. The van der Waals surface area contributed by atoms with Gasteiger partial charge in [-0.2, -0.15) is 0 Å². The van der Waals surface area contributed by atoms with Crippen LogP contribution in [0, 0.1) is 6.92 Å². The molecule has 6 nitrogen and oxygen atoms in total. The van der Waals surface area contributed by atoms with Crippen molar-refractivity contribution in [3.05, 3.63) is 59.1 Å². The molecule has 0 heterocycles. The summed E-state index contributed by atoms with van der Waals surface area (Å²) in [6.07, 6.45) is 2.09. The van der Waals surface area contributed by atoms with Gasteiger partial charge in [0.25, 0.3) is 0 Å². The van der Waals surface area contributed by atoms with Crippen LogP contribution in [0.2, 0.25) is 5.02 Å². The van der Waals surface area contributed by atoms with Gasteiger partial charge >= 0.3 is 0 Å². The largest absolute Gasteiger partial charge is 0.376 e. The van der Waals surface area contributed by atoms with Gasteiger partial charge < -0.3 is 21.7 Å². The van der Waals surface area contributed by atoms with Crippen molar-refractivity contribution in [1.29, 1.82) is 0 Å². The summed E-state index contributed by atoms with van der Waals surface area (Å²) >= 11 is 5.85. The molecular weight excluding hydrogens is 376 g/mol. The molecule has 0 unspecified atom stereocenters.